The molecule has 0 atom stereocenters. The van der Waals surface area contributed by atoms with E-state index in [1.54, 1.807) is 0 Å². The molecule has 5 heteroatoms. The van der Waals surface area contributed by atoms with Gasteiger partial charge in [-0.1, -0.05) is 42.0 Å². The third-order valence-electron chi connectivity index (χ3n) is 4.69. The molecule has 2 aromatic rings. The number of nitrogens with zero attached hydrogens (tertiary/aromatic N) is 2. The molecule has 1 amide bonds. The highest BCUT2D eigenvalue weighted by molar-refractivity contribution is 8.18. The third kappa shape index (κ3) is 4.42. The first-order valence-electron chi connectivity index (χ1n) is 9.23. The number of ether oxygens (including phenoxy) is 1. The second-order valence-corrected chi connectivity index (χ2v) is 7.86. The van der Waals surface area contributed by atoms with E-state index in [1.807, 2.05) is 30.3 Å². The highest BCUT2D eigenvalue weighted by Gasteiger charge is 2.27. The number of thioether (sulfide) groups is 1. The van der Waals surface area contributed by atoms with E-state index >= 15 is 0 Å². The SMILES string of the molecule is Cc1ccc(COc2ccc(/C=C3\SC(N4CCCC4)=NC3=O)cc2)cc1. The lowest BCUT2D eigenvalue weighted by Crippen LogP contribution is -2.23. The Balaban J connectivity index is 1.37. The lowest BCUT2D eigenvalue weighted by Gasteiger charge is -2.14. The molecular formula is C22H22N2O2S. The topological polar surface area (TPSA) is 41.9 Å². The number of carbonyl (C=O) groups is 1. The first kappa shape index (κ1) is 17.9. The fourth-order valence-electron chi connectivity index (χ4n) is 3.10. The normalized spacial score (nSPS) is 18.3. The van der Waals surface area contributed by atoms with Crippen molar-refractivity contribution in [3.63, 3.8) is 0 Å². The molecule has 0 unspecified atom stereocenters. The van der Waals surface area contributed by atoms with Crippen LogP contribution in [0, 0.1) is 6.92 Å². The van der Waals surface area contributed by atoms with E-state index in [9.17, 15) is 4.79 Å². The number of hydrogen-bond acceptors (Lipinski definition) is 4. The molecule has 0 bridgehead atoms. The first-order chi connectivity index (χ1) is 13.2. The van der Waals surface area contributed by atoms with Gasteiger partial charge in [0.05, 0.1) is 4.91 Å². The number of rotatable bonds is 4. The van der Waals surface area contributed by atoms with Gasteiger partial charge >= 0.3 is 0 Å². The van der Waals surface area contributed by atoms with Gasteiger partial charge in [-0.3, -0.25) is 4.79 Å². The summed E-state index contributed by atoms with van der Waals surface area (Å²) in [6.45, 7) is 4.62. The highest BCUT2D eigenvalue weighted by atomic mass is 32.2. The van der Waals surface area contributed by atoms with Gasteiger partial charge in [-0.05, 0) is 60.9 Å². The smallest absolute Gasteiger partial charge is 0.286 e. The van der Waals surface area contributed by atoms with Crippen molar-refractivity contribution >= 4 is 28.9 Å². The Kier molecular flexibility index (Phi) is 5.30. The first-order valence-corrected chi connectivity index (χ1v) is 10.0. The van der Waals surface area contributed by atoms with Crippen LogP contribution in [0.15, 0.2) is 58.4 Å². The van der Waals surface area contributed by atoms with Crippen molar-refractivity contribution in [3.8, 4) is 5.75 Å². The van der Waals surface area contributed by atoms with Crippen LogP contribution >= 0.6 is 11.8 Å². The van der Waals surface area contributed by atoms with E-state index in [4.69, 9.17) is 4.74 Å². The molecule has 2 heterocycles. The molecule has 2 aliphatic rings. The Morgan fingerprint density at radius 3 is 2.48 bits per heavy atom. The average molecular weight is 378 g/mol. The molecule has 2 aliphatic heterocycles. The van der Waals surface area contributed by atoms with Crippen LogP contribution in [0.3, 0.4) is 0 Å². The van der Waals surface area contributed by atoms with Crippen LogP contribution < -0.4 is 4.74 Å². The van der Waals surface area contributed by atoms with Crippen molar-refractivity contribution in [1.82, 2.24) is 4.90 Å². The van der Waals surface area contributed by atoms with E-state index in [-0.39, 0.29) is 5.91 Å². The van der Waals surface area contributed by atoms with Gasteiger partial charge in [0.1, 0.15) is 12.4 Å². The average Bonchev–Trinajstić information content (AvgIpc) is 3.33. The second kappa shape index (κ2) is 8.01. The molecule has 1 fully saturated rings. The minimum Gasteiger partial charge on any atom is -0.489 e. The number of aryl methyl sites for hydroxylation is 1. The van der Waals surface area contributed by atoms with Crippen molar-refractivity contribution in [2.45, 2.75) is 26.4 Å². The zero-order valence-electron chi connectivity index (χ0n) is 15.4. The number of hydrogen-bond donors (Lipinski definition) is 0. The van der Waals surface area contributed by atoms with E-state index in [0.29, 0.717) is 11.5 Å². The largest absolute Gasteiger partial charge is 0.489 e. The maximum atomic E-state index is 12.2. The molecule has 138 valence electrons. The van der Waals surface area contributed by atoms with Crippen LogP contribution in [0.1, 0.15) is 29.5 Å². The Hall–Kier alpha value is -2.53. The quantitative estimate of drug-likeness (QED) is 0.727. The van der Waals surface area contributed by atoms with Crippen molar-refractivity contribution in [2.75, 3.05) is 13.1 Å². The van der Waals surface area contributed by atoms with Crippen molar-refractivity contribution in [2.24, 2.45) is 4.99 Å². The van der Waals surface area contributed by atoms with Crippen molar-refractivity contribution < 1.29 is 9.53 Å². The Bertz CT molecular complexity index is 880. The number of likely N-dealkylation sites (tertiary alicyclic amines) is 1. The summed E-state index contributed by atoms with van der Waals surface area (Å²) in [5.74, 6) is 0.679. The zero-order chi connectivity index (χ0) is 18.6. The van der Waals surface area contributed by atoms with Crippen LogP contribution in [0.4, 0.5) is 0 Å². The monoisotopic (exact) mass is 378 g/mol. The van der Waals surface area contributed by atoms with Crippen LogP contribution in [0.25, 0.3) is 6.08 Å². The minimum absolute atomic E-state index is 0.137. The molecule has 0 spiro atoms. The molecular weight excluding hydrogens is 356 g/mol. The maximum Gasteiger partial charge on any atom is 0.286 e. The molecule has 4 nitrogen and oxygen atoms in total. The van der Waals surface area contributed by atoms with Crippen molar-refractivity contribution in [3.05, 3.63) is 70.1 Å². The van der Waals surface area contributed by atoms with Crippen LogP contribution in [-0.4, -0.2) is 29.1 Å². The fraction of sp³-hybridized carbons (Fsp3) is 0.273. The molecule has 2 aromatic carbocycles. The Morgan fingerprint density at radius 2 is 1.78 bits per heavy atom. The predicted octanol–water partition coefficient (Wildman–Crippen LogP) is 4.64. The number of amides is 1. The lowest BCUT2D eigenvalue weighted by molar-refractivity contribution is -0.113. The van der Waals surface area contributed by atoms with E-state index in [0.717, 1.165) is 35.1 Å². The minimum atomic E-state index is -0.137. The number of benzene rings is 2. The van der Waals surface area contributed by atoms with Gasteiger partial charge in [0.25, 0.3) is 5.91 Å². The summed E-state index contributed by atoms with van der Waals surface area (Å²) in [5.41, 5.74) is 3.37. The number of amidine groups is 1. The van der Waals surface area contributed by atoms with Crippen LogP contribution in [-0.2, 0) is 11.4 Å². The van der Waals surface area contributed by atoms with E-state index in [1.165, 1.54) is 30.2 Å². The standard InChI is InChI=1S/C22H22N2O2S/c1-16-4-6-18(7-5-16)15-26-19-10-8-17(9-11-19)14-20-21(25)23-22(27-20)24-12-2-3-13-24/h4-11,14H,2-3,12-13,15H2,1H3/b20-14-. The van der Waals surface area contributed by atoms with E-state index in [2.05, 4.69) is 41.1 Å². The van der Waals surface area contributed by atoms with Gasteiger partial charge in [-0.15, -0.1) is 0 Å². The number of carbonyl (C=O) groups excluding carboxylic acids is 1. The van der Waals surface area contributed by atoms with E-state index < -0.39 is 0 Å². The molecule has 0 saturated carbocycles. The predicted molar refractivity (Wildman–Crippen MR) is 111 cm³/mol. The Labute approximate surface area is 163 Å². The maximum absolute atomic E-state index is 12.2. The van der Waals surface area contributed by atoms with Gasteiger partial charge in [0, 0.05) is 13.1 Å². The molecule has 1 saturated heterocycles. The van der Waals surface area contributed by atoms with Crippen LogP contribution in [0.5, 0.6) is 5.75 Å². The summed E-state index contributed by atoms with van der Waals surface area (Å²) in [4.78, 5) is 19.3. The second-order valence-electron chi connectivity index (χ2n) is 6.85. The van der Waals surface area contributed by atoms with Crippen LogP contribution in [0.2, 0.25) is 0 Å². The summed E-state index contributed by atoms with van der Waals surface area (Å²) in [6.07, 6.45) is 4.26. The Morgan fingerprint density at radius 1 is 1.07 bits per heavy atom. The zero-order valence-corrected chi connectivity index (χ0v) is 16.2. The number of aliphatic imine (C=N–C) groups is 1. The molecule has 0 N–H and O–H groups in total. The summed E-state index contributed by atoms with van der Waals surface area (Å²) >= 11 is 1.48. The fourth-order valence-corrected chi connectivity index (χ4v) is 4.07. The molecule has 0 aliphatic carbocycles. The third-order valence-corrected chi connectivity index (χ3v) is 5.73. The van der Waals surface area contributed by atoms with Gasteiger partial charge in [-0.2, -0.15) is 4.99 Å². The summed E-state index contributed by atoms with van der Waals surface area (Å²) in [5, 5.41) is 0.849. The van der Waals surface area contributed by atoms with Crippen molar-refractivity contribution in [1.29, 1.82) is 0 Å². The molecule has 0 aromatic heterocycles. The molecule has 4 rings (SSSR count). The highest BCUT2D eigenvalue weighted by Crippen LogP contribution is 2.31. The summed E-state index contributed by atoms with van der Waals surface area (Å²) in [6, 6.07) is 16.1. The van der Waals surface area contributed by atoms with Gasteiger partial charge in [0.2, 0.25) is 0 Å². The molecule has 27 heavy (non-hydrogen) atoms. The van der Waals surface area contributed by atoms with Gasteiger partial charge in [0.15, 0.2) is 5.17 Å². The molecule has 0 radical (unpaired) electrons. The summed E-state index contributed by atoms with van der Waals surface area (Å²) in [7, 11) is 0. The van der Waals surface area contributed by atoms with Gasteiger partial charge < -0.3 is 9.64 Å². The summed E-state index contributed by atoms with van der Waals surface area (Å²) < 4.78 is 5.84. The van der Waals surface area contributed by atoms with Gasteiger partial charge in [-0.25, -0.2) is 0 Å². The lowest BCUT2D eigenvalue weighted by atomic mass is 10.1.